The van der Waals surface area contributed by atoms with Crippen molar-refractivity contribution in [2.24, 2.45) is 0 Å². The van der Waals surface area contributed by atoms with Crippen LogP contribution in [0.5, 0.6) is 5.75 Å². The molecule has 6 nitrogen and oxygen atoms in total. The maximum absolute atomic E-state index is 10.9. The number of benzene rings is 2. The lowest BCUT2D eigenvalue weighted by Crippen LogP contribution is -2.42. The van der Waals surface area contributed by atoms with Crippen molar-refractivity contribution in [3.05, 3.63) is 66.2 Å². The van der Waals surface area contributed by atoms with E-state index >= 15 is 0 Å². The number of rotatable bonds is 4. The van der Waals surface area contributed by atoms with Gasteiger partial charge in [0, 0.05) is 6.42 Å². The van der Waals surface area contributed by atoms with Crippen LogP contribution >= 0.6 is 0 Å². The number of aromatic hydroxyl groups is 1. The number of amides is 1. The molecule has 6 heteroatoms. The molecule has 0 aliphatic heterocycles. The van der Waals surface area contributed by atoms with Crippen LogP contribution in [0, 0.1) is 0 Å². The molecular formula is C17H19NO5. The maximum Gasteiger partial charge on any atom is 0.407 e. The molecule has 0 spiro atoms. The number of phenolic OH excluding ortho intramolecular Hbond substituents is 1. The van der Waals surface area contributed by atoms with Gasteiger partial charge in [-0.05, 0) is 17.7 Å². The van der Waals surface area contributed by atoms with Gasteiger partial charge >= 0.3 is 12.1 Å². The molecular weight excluding hydrogens is 298 g/mol. The SMILES string of the molecule is COC(=O)N[C@@H](Cc1ccc(O)cc1)C(=O)O.c1ccccc1. The second kappa shape index (κ2) is 9.83. The summed E-state index contributed by atoms with van der Waals surface area (Å²) in [7, 11) is 1.16. The smallest absolute Gasteiger partial charge is 0.407 e. The number of ether oxygens (including phenoxy) is 1. The van der Waals surface area contributed by atoms with Crippen LogP contribution in [0.4, 0.5) is 4.79 Å². The van der Waals surface area contributed by atoms with Crippen molar-refractivity contribution in [3.63, 3.8) is 0 Å². The minimum Gasteiger partial charge on any atom is -0.508 e. The summed E-state index contributed by atoms with van der Waals surface area (Å²) in [6.07, 6.45) is -0.679. The third-order valence-corrected chi connectivity index (χ3v) is 2.82. The van der Waals surface area contributed by atoms with Gasteiger partial charge < -0.3 is 20.3 Å². The summed E-state index contributed by atoms with van der Waals surface area (Å²) < 4.78 is 4.33. The summed E-state index contributed by atoms with van der Waals surface area (Å²) in [6, 6.07) is 17.0. The topological polar surface area (TPSA) is 95.9 Å². The average Bonchev–Trinajstić information content (AvgIpc) is 2.58. The Labute approximate surface area is 134 Å². The van der Waals surface area contributed by atoms with E-state index in [1.165, 1.54) is 12.1 Å². The average molecular weight is 317 g/mol. The Morgan fingerprint density at radius 3 is 1.91 bits per heavy atom. The largest absolute Gasteiger partial charge is 0.508 e. The first-order valence-electron chi connectivity index (χ1n) is 6.88. The highest BCUT2D eigenvalue weighted by atomic mass is 16.5. The van der Waals surface area contributed by atoms with Crippen LogP contribution in [-0.2, 0) is 16.0 Å². The van der Waals surface area contributed by atoms with Crippen molar-refractivity contribution in [1.29, 1.82) is 0 Å². The van der Waals surface area contributed by atoms with Crippen LogP contribution in [0.3, 0.4) is 0 Å². The Morgan fingerprint density at radius 2 is 1.52 bits per heavy atom. The van der Waals surface area contributed by atoms with E-state index in [0.717, 1.165) is 7.11 Å². The van der Waals surface area contributed by atoms with E-state index in [2.05, 4.69) is 10.1 Å². The van der Waals surface area contributed by atoms with Gasteiger partial charge in [0.1, 0.15) is 11.8 Å². The first-order valence-corrected chi connectivity index (χ1v) is 6.88. The number of aliphatic carboxylic acids is 1. The number of phenols is 1. The monoisotopic (exact) mass is 317 g/mol. The Balaban J connectivity index is 0.000000366. The summed E-state index contributed by atoms with van der Waals surface area (Å²) in [5.74, 6) is -1.05. The maximum atomic E-state index is 10.9. The Bertz CT molecular complexity index is 571. The van der Waals surface area contributed by atoms with Gasteiger partial charge in [0.25, 0.3) is 0 Å². The zero-order valence-corrected chi connectivity index (χ0v) is 12.7. The highest BCUT2D eigenvalue weighted by molar-refractivity contribution is 5.80. The highest BCUT2D eigenvalue weighted by Crippen LogP contribution is 2.11. The number of carboxylic acid groups (broad SMARTS) is 1. The highest BCUT2D eigenvalue weighted by Gasteiger charge is 2.20. The summed E-state index contributed by atoms with van der Waals surface area (Å²) >= 11 is 0. The van der Waals surface area contributed by atoms with Crippen LogP contribution in [0.25, 0.3) is 0 Å². The fraction of sp³-hybridized carbons (Fsp3) is 0.176. The normalized spacial score (nSPS) is 10.7. The lowest BCUT2D eigenvalue weighted by molar-refractivity contribution is -0.139. The standard InChI is InChI=1S/C11H13NO5.C6H6/c1-17-11(16)12-9(10(14)15)6-7-2-4-8(13)5-3-7;1-2-4-6-5-3-1/h2-5,9,13H,6H2,1H3,(H,12,16)(H,14,15);1-6H/t9-;/m0./s1. The van der Waals surface area contributed by atoms with Crippen LogP contribution < -0.4 is 5.32 Å². The van der Waals surface area contributed by atoms with E-state index in [1.54, 1.807) is 12.1 Å². The predicted molar refractivity (Wildman–Crippen MR) is 85.2 cm³/mol. The molecule has 0 heterocycles. The third kappa shape index (κ3) is 7.52. The molecule has 2 aromatic rings. The molecule has 1 atom stereocenters. The molecule has 0 radical (unpaired) electrons. The van der Waals surface area contributed by atoms with Gasteiger partial charge in [-0.2, -0.15) is 0 Å². The molecule has 0 saturated carbocycles. The zero-order chi connectivity index (χ0) is 17.1. The number of hydrogen-bond acceptors (Lipinski definition) is 4. The molecule has 0 fully saturated rings. The summed E-state index contributed by atoms with van der Waals surface area (Å²) in [5, 5.41) is 20.2. The van der Waals surface area contributed by atoms with Crippen LogP contribution in [0.2, 0.25) is 0 Å². The lowest BCUT2D eigenvalue weighted by atomic mass is 10.1. The van der Waals surface area contributed by atoms with Gasteiger partial charge in [0.05, 0.1) is 7.11 Å². The van der Waals surface area contributed by atoms with E-state index < -0.39 is 18.1 Å². The summed E-state index contributed by atoms with van der Waals surface area (Å²) in [4.78, 5) is 21.8. The minimum absolute atomic E-state index is 0.0987. The first-order chi connectivity index (χ1) is 11.0. The van der Waals surface area contributed by atoms with Crippen molar-refractivity contribution < 1.29 is 24.5 Å². The van der Waals surface area contributed by atoms with E-state index in [1.807, 2.05) is 36.4 Å². The molecule has 23 heavy (non-hydrogen) atoms. The molecule has 0 aromatic heterocycles. The predicted octanol–water partition coefficient (Wildman–Crippen LogP) is 2.43. The molecule has 0 unspecified atom stereocenters. The molecule has 2 rings (SSSR count). The van der Waals surface area contributed by atoms with E-state index in [4.69, 9.17) is 10.2 Å². The second-order valence-electron chi connectivity index (χ2n) is 4.55. The first kappa shape index (κ1) is 18.0. The molecule has 0 bridgehead atoms. The minimum atomic E-state index is -1.15. The number of carbonyl (C=O) groups is 2. The van der Waals surface area contributed by atoms with Crippen molar-refractivity contribution in [2.75, 3.05) is 7.11 Å². The van der Waals surface area contributed by atoms with Crippen LogP contribution in [-0.4, -0.2) is 35.4 Å². The van der Waals surface area contributed by atoms with Gasteiger partial charge in [-0.25, -0.2) is 9.59 Å². The molecule has 3 N–H and O–H groups in total. The Kier molecular flexibility index (Phi) is 7.71. The van der Waals surface area contributed by atoms with E-state index in [0.29, 0.717) is 5.56 Å². The Hall–Kier alpha value is -3.02. The van der Waals surface area contributed by atoms with Crippen LogP contribution in [0.15, 0.2) is 60.7 Å². The molecule has 0 saturated heterocycles. The van der Waals surface area contributed by atoms with Gasteiger partial charge in [0.2, 0.25) is 0 Å². The third-order valence-electron chi connectivity index (χ3n) is 2.82. The number of hydrogen-bond donors (Lipinski definition) is 3. The number of carbonyl (C=O) groups excluding carboxylic acids is 1. The van der Waals surface area contributed by atoms with Crippen LogP contribution in [0.1, 0.15) is 5.56 Å². The van der Waals surface area contributed by atoms with Gasteiger partial charge in [-0.15, -0.1) is 0 Å². The molecule has 0 aliphatic carbocycles. The number of carboxylic acids is 1. The molecule has 1 amide bonds. The van der Waals surface area contributed by atoms with Gasteiger partial charge in [0.15, 0.2) is 0 Å². The fourth-order valence-corrected chi connectivity index (χ4v) is 1.65. The number of methoxy groups -OCH3 is 1. The second-order valence-corrected chi connectivity index (χ2v) is 4.55. The van der Waals surface area contributed by atoms with E-state index in [9.17, 15) is 9.59 Å². The van der Waals surface area contributed by atoms with Crippen molar-refractivity contribution in [1.82, 2.24) is 5.32 Å². The zero-order valence-electron chi connectivity index (χ0n) is 12.7. The fourth-order valence-electron chi connectivity index (χ4n) is 1.65. The quantitative estimate of drug-likeness (QED) is 0.805. The van der Waals surface area contributed by atoms with Gasteiger partial charge in [-0.3, -0.25) is 0 Å². The summed E-state index contributed by atoms with van der Waals surface area (Å²) in [5.41, 5.74) is 0.687. The molecule has 122 valence electrons. The van der Waals surface area contributed by atoms with Crippen molar-refractivity contribution in [2.45, 2.75) is 12.5 Å². The summed E-state index contributed by atoms with van der Waals surface area (Å²) in [6.45, 7) is 0. The number of nitrogens with one attached hydrogen (secondary N) is 1. The van der Waals surface area contributed by atoms with Crippen molar-refractivity contribution >= 4 is 12.1 Å². The molecule has 2 aromatic carbocycles. The lowest BCUT2D eigenvalue weighted by Gasteiger charge is -2.13. The molecule has 0 aliphatic rings. The van der Waals surface area contributed by atoms with E-state index in [-0.39, 0.29) is 12.2 Å². The van der Waals surface area contributed by atoms with Gasteiger partial charge in [-0.1, -0.05) is 48.5 Å². The van der Waals surface area contributed by atoms with Crippen molar-refractivity contribution in [3.8, 4) is 5.75 Å². The number of alkyl carbamates (subject to hydrolysis) is 1. The Morgan fingerprint density at radius 1 is 1.04 bits per heavy atom.